The van der Waals surface area contributed by atoms with Crippen LogP contribution >= 0.6 is 11.3 Å². The molecule has 3 aromatic carbocycles. The molecule has 0 saturated carbocycles. The zero-order valence-corrected chi connectivity index (χ0v) is 20.5. The number of carbonyl (C=O) groups excluding carboxylic acids is 2. The summed E-state index contributed by atoms with van der Waals surface area (Å²) in [6.45, 7) is 0. The van der Waals surface area contributed by atoms with Crippen molar-refractivity contribution < 1.29 is 28.9 Å². The van der Waals surface area contributed by atoms with Crippen molar-refractivity contribution in [2.45, 2.75) is 6.04 Å². The van der Waals surface area contributed by atoms with Gasteiger partial charge in [0.25, 0.3) is 5.78 Å². The summed E-state index contributed by atoms with van der Waals surface area (Å²) >= 11 is 1.25. The number of ketones is 1. The molecule has 0 radical (unpaired) electrons. The first-order chi connectivity index (χ1) is 17.5. The minimum absolute atomic E-state index is 0.0606. The molecule has 1 aliphatic heterocycles. The molecular formula is C27H22N2O6S. The number of Topliss-reactive ketones (excluding diaryl/α,β-unsaturated/α-hetero) is 1. The van der Waals surface area contributed by atoms with Crippen molar-refractivity contribution in [3.8, 4) is 17.2 Å². The first-order valence-corrected chi connectivity index (χ1v) is 11.8. The van der Waals surface area contributed by atoms with Crippen LogP contribution in [0.5, 0.6) is 17.2 Å². The number of hydrogen-bond donors (Lipinski definition) is 1. The number of amides is 1. The molecular weight excluding hydrogens is 480 g/mol. The highest BCUT2D eigenvalue weighted by Gasteiger charge is 2.49. The zero-order chi connectivity index (χ0) is 25.4. The van der Waals surface area contributed by atoms with Crippen LogP contribution in [0.25, 0.3) is 16.0 Å². The summed E-state index contributed by atoms with van der Waals surface area (Å²) in [4.78, 5) is 32.9. The van der Waals surface area contributed by atoms with E-state index in [2.05, 4.69) is 4.98 Å². The molecule has 1 atom stereocenters. The first-order valence-electron chi connectivity index (χ1n) is 11.0. The third-order valence-electron chi connectivity index (χ3n) is 6.01. The van der Waals surface area contributed by atoms with Gasteiger partial charge < -0.3 is 19.3 Å². The SMILES string of the molecule is COc1ccc(OC)c([C@H]2C(=C(O)c3ccccc3)C(=O)C(=O)N2c2nc3ccc(OC)cc3s2)c1. The first kappa shape index (κ1) is 23.4. The molecule has 1 N–H and O–H groups in total. The summed E-state index contributed by atoms with van der Waals surface area (Å²) in [5, 5.41) is 11.6. The maximum atomic E-state index is 13.5. The number of carbonyl (C=O) groups is 2. The Balaban J connectivity index is 1.77. The largest absolute Gasteiger partial charge is 0.507 e. The van der Waals surface area contributed by atoms with Crippen LogP contribution in [-0.2, 0) is 9.59 Å². The number of ether oxygens (including phenoxy) is 3. The van der Waals surface area contributed by atoms with E-state index in [-0.39, 0.29) is 11.3 Å². The second kappa shape index (κ2) is 9.35. The molecule has 1 aromatic heterocycles. The molecule has 0 aliphatic carbocycles. The van der Waals surface area contributed by atoms with Gasteiger partial charge in [0.15, 0.2) is 5.13 Å². The Bertz CT molecular complexity index is 1510. The van der Waals surface area contributed by atoms with E-state index in [1.807, 2.05) is 6.07 Å². The molecule has 0 unspecified atom stereocenters. The Hall–Kier alpha value is -4.37. The van der Waals surface area contributed by atoms with Crippen molar-refractivity contribution in [3.63, 3.8) is 0 Å². The fourth-order valence-electron chi connectivity index (χ4n) is 4.25. The molecule has 2 heterocycles. The average Bonchev–Trinajstić information content (AvgIpc) is 3.45. The van der Waals surface area contributed by atoms with Gasteiger partial charge in [-0.15, -0.1) is 0 Å². The number of benzene rings is 3. The minimum Gasteiger partial charge on any atom is -0.507 e. The number of hydrogen-bond acceptors (Lipinski definition) is 8. The number of aromatic nitrogens is 1. The molecule has 36 heavy (non-hydrogen) atoms. The third-order valence-corrected chi connectivity index (χ3v) is 7.03. The Kier molecular flexibility index (Phi) is 6.07. The zero-order valence-electron chi connectivity index (χ0n) is 19.7. The molecule has 5 rings (SSSR count). The molecule has 1 fully saturated rings. The van der Waals surface area contributed by atoms with Gasteiger partial charge in [0.05, 0.1) is 37.1 Å². The highest BCUT2D eigenvalue weighted by atomic mass is 32.1. The van der Waals surface area contributed by atoms with Crippen molar-refractivity contribution in [2.24, 2.45) is 0 Å². The Morgan fingerprint density at radius 1 is 0.917 bits per heavy atom. The minimum atomic E-state index is -1.00. The number of anilines is 1. The van der Waals surface area contributed by atoms with Gasteiger partial charge in [0.2, 0.25) is 0 Å². The lowest BCUT2D eigenvalue weighted by molar-refractivity contribution is -0.132. The van der Waals surface area contributed by atoms with Gasteiger partial charge in [0, 0.05) is 11.1 Å². The average molecular weight is 503 g/mol. The lowest BCUT2D eigenvalue weighted by Crippen LogP contribution is -2.29. The van der Waals surface area contributed by atoms with Gasteiger partial charge in [-0.05, 0) is 36.4 Å². The molecule has 182 valence electrons. The molecule has 1 saturated heterocycles. The number of thiazole rings is 1. The van der Waals surface area contributed by atoms with E-state index >= 15 is 0 Å². The molecule has 8 nitrogen and oxygen atoms in total. The number of rotatable bonds is 6. The van der Waals surface area contributed by atoms with Crippen LogP contribution in [0.4, 0.5) is 5.13 Å². The van der Waals surface area contributed by atoms with Crippen LogP contribution in [-0.4, -0.2) is 43.1 Å². The van der Waals surface area contributed by atoms with E-state index in [1.165, 1.54) is 30.5 Å². The van der Waals surface area contributed by atoms with Gasteiger partial charge >= 0.3 is 5.91 Å². The van der Waals surface area contributed by atoms with Crippen LogP contribution in [0.2, 0.25) is 0 Å². The lowest BCUT2D eigenvalue weighted by atomic mass is 9.94. The summed E-state index contributed by atoms with van der Waals surface area (Å²) in [6.07, 6.45) is 0. The van der Waals surface area contributed by atoms with Gasteiger partial charge in [0.1, 0.15) is 29.0 Å². The standard InChI is InChI=1S/C27H22N2O6S/c1-33-16-10-12-20(35-3)18(13-16)23-22(24(30)15-7-5-4-6-8-15)25(31)26(32)29(23)27-28-19-11-9-17(34-2)14-21(19)36-27/h4-14,23,30H,1-3H3/t23-/m0/s1. The fourth-order valence-corrected chi connectivity index (χ4v) is 5.27. The number of methoxy groups -OCH3 is 3. The van der Waals surface area contributed by atoms with E-state index in [9.17, 15) is 14.7 Å². The lowest BCUT2D eigenvalue weighted by Gasteiger charge is -2.25. The summed E-state index contributed by atoms with van der Waals surface area (Å²) in [5.41, 5.74) is 1.48. The van der Waals surface area contributed by atoms with E-state index in [1.54, 1.807) is 67.8 Å². The fraction of sp³-hybridized carbons (Fsp3) is 0.148. The molecule has 0 bridgehead atoms. The van der Waals surface area contributed by atoms with Crippen molar-refractivity contribution in [2.75, 3.05) is 26.2 Å². The van der Waals surface area contributed by atoms with Crippen molar-refractivity contribution in [1.29, 1.82) is 0 Å². The number of fused-ring (bicyclic) bond motifs is 1. The maximum absolute atomic E-state index is 13.5. The summed E-state index contributed by atoms with van der Waals surface area (Å²) in [6, 6.07) is 18.1. The van der Waals surface area contributed by atoms with E-state index in [4.69, 9.17) is 14.2 Å². The van der Waals surface area contributed by atoms with Crippen LogP contribution in [0.15, 0.2) is 72.3 Å². The Morgan fingerprint density at radius 2 is 1.61 bits per heavy atom. The topological polar surface area (TPSA) is 98.2 Å². The van der Waals surface area contributed by atoms with Crippen molar-refractivity contribution >= 4 is 44.1 Å². The summed E-state index contributed by atoms with van der Waals surface area (Å²) < 4.78 is 17.1. The Labute approximate surface area is 211 Å². The summed E-state index contributed by atoms with van der Waals surface area (Å²) in [7, 11) is 4.59. The second-order valence-corrected chi connectivity index (χ2v) is 8.98. The van der Waals surface area contributed by atoms with Gasteiger partial charge in [-0.3, -0.25) is 14.5 Å². The molecule has 1 amide bonds. The third kappa shape index (κ3) is 3.83. The number of aliphatic hydroxyl groups excluding tert-OH is 1. The van der Waals surface area contributed by atoms with Crippen LogP contribution in [0.1, 0.15) is 17.2 Å². The van der Waals surface area contributed by atoms with Crippen LogP contribution in [0, 0.1) is 0 Å². The van der Waals surface area contributed by atoms with Gasteiger partial charge in [-0.2, -0.15) is 0 Å². The molecule has 0 spiro atoms. The van der Waals surface area contributed by atoms with E-state index in [0.29, 0.717) is 39.0 Å². The van der Waals surface area contributed by atoms with Gasteiger partial charge in [-0.1, -0.05) is 41.7 Å². The highest BCUT2D eigenvalue weighted by molar-refractivity contribution is 7.22. The molecule has 4 aromatic rings. The normalized spacial score (nSPS) is 17.0. The molecule has 1 aliphatic rings. The smallest absolute Gasteiger partial charge is 0.301 e. The van der Waals surface area contributed by atoms with E-state index in [0.717, 1.165) is 4.70 Å². The number of nitrogens with zero attached hydrogens (tertiary/aromatic N) is 2. The van der Waals surface area contributed by atoms with Crippen molar-refractivity contribution in [3.05, 3.63) is 83.4 Å². The van der Waals surface area contributed by atoms with Crippen LogP contribution in [0.3, 0.4) is 0 Å². The predicted octanol–water partition coefficient (Wildman–Crippen LogP) is 4.95. The highest BCUT2D eigenvalue weighted by Crippen LogP contribution is 2.47. The quantitative estimate of drug-likeness (QED) is 0.226. The van der Waals surface area contributed by atoms with Crippen molar-refractivity contribution in [1.82, 2.24) is 4.98 Å². The molecule has 9 heteroatoms. The predicted molar refractivity (Wildman–Crippen MR) is 137 cm³/mol. The maximum Gasteiger partial charge on any atom is 0.301 e. The van der Waals surface area contributed by atoms with E-state index < -0.39 is 17.7 Å². The summed E-state index contributed by atoms with van der Waals surface area (Å²) in [5.74, 6) is -0.319. The number of aliphatic hydroxyl groups is 1. The monoisotopic (exact) mass is 502 g/mol. The Morgan fingerprint density at radius 3 is 2.31 bits per heavy atom. The van der Waals surface area contributed by atoms with Crippen LogP contribution < -0.4 is 19.1 Å². The van der Waals surface area contributed by atoms with Gasteiger partial charge in [-0.25, -0.2) is 4.98 Å². The second-order valence-electron chi connectivity index (χ2n) is 7.97.